The van der Waals surface area contributed by atoms with Crippen LogP contribution in [-0.4, -0.2) is 29.7 Å². The molecular formula is C19H23FN2O3. The van der Waals surface area contributed by atoms with E-state index < -0.39 is 23.8 Å². The number of amides is 3. The highest BCUT2D eigenvalue weighted by Crippen LogP contribution is 2.44. The zero-order chi connectivity index (χ0) is 18.3. The number of hydrogen-bond acceptors (Lipinski definition) is 3. The first-order valence-corrected chi connectivity index (χ1v) is 8.69. The molecule has 0 spiro atoms. The molecule has 0 radical (unpaired) electrons. The van der Waals surface area contributed by atoms with E-state index in [9.17, 15) is 18.8 Å². The fourth-order valence-electron chi connectivity index (χ4n) is 4.22. The molecule has 5 atom stereocenters. The first kappa shape index (κ1) is 17.6. The molecule has 1 aliphatic carbocycles. The summed E-state index contributed by atoms with van der Waals surface area (Å²) in [6.45, 7) is 3.65. The SMILES string of the molecule is C[C@H](NC(=O)[C@H]1[C@@H]2C(=O)N(C)C(=O)[C@@H]2CC[C@H]1C)c1ccccc1F. The summed E-state index contributed by atoms with van der Waals surface area (Å²) in [4.78, 5) is 38.8. The summed E-state index contributed by atoms with van der Waals surface area (Å²) in [6.07, 6.45) is 1.35. The first-order chi connectivity index (χ1) is 11.8. The van der Waals surface area contributed by atoms with E-state index in [1.54, 1.807) is 25.1 Å². The van der Waals surface area contributed by atoms with Crippen molar-refractivity contribution in [1.29, 1.82) is 0 Å². The predicted octanol–water partition coefficient (Wildman–Crippen LogP) is 2.28. The minimum absolute atomic E-state index is 0.00248. The molecular weight excluding hydrogens is 323 g/mol. The van der Waals surface area contributed by atoms with E-state index in [0.29, 0.717) is 12.0 Å². The number of carbonyl (C=O) groups is 3. The van der Waals surface area contributed by atoms with Gasteiger partial charge in [0.1, 0.15) is 5.82 Å². The Hall–Kier alpha value is -2.24. The third-order valence-corrected chi connectivity index (χ3v) is 5.66. The van der Waals surface area contributed by atoms with Crippen LogP contribution in [0.25, 0.3) is 0 Å². The highest BCUT2D eigenvalue weighted by atomic mass is 19.1. The summed E-state index contributed by atoms with van der Waals surface area (Å²) in [5.74, 6) is -2.71. The van der Waals surface area contributed by atoms with Gasteiger partial charge in [0.15, 0.2) is 0 Å². The number of nitrogens with one attached hydrogen (secondary N) is 1. The van der Waals surface area contributed by atoms with Crippen LogP contribution < -0.4 is 5.32 Å². The van der Waals surface area contributed by atoms with Crippen LogP contribution in [0.5, 0.6) is 0 Å². The molecule has 2 aliphatic rings. The Morgan fingerprint density at radius 3 is 2.60 bits per heavy atom. The maximum atomic E-state index is 13.9. The molecule has 5 nitrogen and oxygen atoms in total. The Labute approximate surface area is 146 Å². The predicted molar refractivity (Wildman–Crippen MR) is 89.6 cm³/mol. The number of benzene rings is 1. The second-order valence-electron chi connectivity index (χ2n) is 7.20. The standard InChI is InChI=1S/C19H23FN2O3/c1-10-8-9-13-16(19(25)22(3)18(13)24)15(10)17(23)21-11(2)12-6-4-5-7-14(12)20/h4-7,10-11,13,15-16H,8-9H2,1-3H3,(H,21,23)/t10-,11+,13-,15-,16-/m1/s1. The summed E-state index contributed by atoms with van der Waals surface area (Å²) in [5.41, 5.74) is 0.404. The third kappa shape index (κ3) is 2.94. The van der Waals surface area contributed by atoms with Gasteiger partial charge in [-0.25, -0.2) is 4.39 Å². The van der Waals surface area contributed by atoms with Crippen molar-refractivity contribution >= 4 is 17.7 Å². The van der Waals surface area contributed by atoms with Crippen LogP contribution in [0.1, 0.15) is 38.3 Å². The summed E-state index contributed by atoms with van der Waals surface area (Å²) in [7, 11) is 1.48. The second-order valence-corrected chi connectivity index (χ2v) is 7.20. The van der Waals surface area contributed by atoms with Crippen molar-refractivity contribution in [2.24, 2.45) is 23.7 Å². The number of carbonyl (C=O) groups excluding carboxylic acids is 3. The Morgan fingerprint density at radius 2 is 1.92 bits per heavy atom. The zero-order valence-electron chi connectivity index (χ0n) is 14.7. The van der Waals surface area contributed by atoms with Crippen LogP contribution in [0.2, 0.25) is 0 Å². The third-order valence-electron chi connectivity index (χ3n) is 5.66. The van der Waals surface area contributed by atoms with Crippen molar-refractivity contribution in [2.45, 2.75) is 32.7 Å². The van der Waals surface area contributed by atoms with Gasteiger partial charge in [-0.1, -0.05) is 25.1 Å². The molecule has 1 saturated carbocycles. The number of halogens is 1. The molecule has 1 saturated heterocycles. The van der Waals surface area contributed by atoms with E-state index in [1.165, 1.54) is 13.1 Å². The molecule has 1 heterocycles. The van der Waals surface area contributed by atoms with Gasteiger partial charge in [-0.05, 0) is 31.7 Å². The number of nitrogens with zero attached hydrogens (tertiary/aromatic N) is 1. The average Bonchev–Trinajstić information content (AvgIpc) is 2.79. The number of fused-ring (bicyclic) bond motifs is 1. The average molecular weight is 346 g/mol. The molecule has 0 unspecified atom stereocenters. The molecule has 2 fully saturated rings. The van der Waals surface area contributed by atoms with Gasteiger partial charge >= 0.3 is 0 Å². The Balaban J connectivity index is 1.81. The first-order valence-electron chi connectivity index (χ1n) is 8.69. The highest BCUT2D eigenvalue weighted by Gasteiger charge is 2.55. The smallest absolute Gasteiger partial charge is 0.233 e. The lowest BCUT2D eigenvalue weighted by atomic mass is 9.67. The van der Waals surface area contributed by atoms with E-state index in [-0.39, 0.29) is 29.5 Å². The Morgan fingerprint density at radius 1 is 1.24 bits per heavy atom. The van der Waals surface area contributed by atoms with Gasteiger partial charge in [-0.2, -0.15) is 0 Å². The lowest BCUT2D eigenvalue weighted by Crippen LogP contribution is -2.46. The summed E-state index contributed by atoms with van der Waals surface area (Å²) >= 11 is 0. The van der Waals surface area contributed by atoms with Crippen LogP contribution >= 0.6 is 0 Å². The van der Waals surface area contributed by atoms with Gasteiger partial charge < -0.3 is 5.32 Å². The molecule has 1 N–H and O–H groups in total. The summed E-state index contributed by atoms with van der Waals surface area (Å²) in [5, 5.41) is 2.84. The molecule has 25 heavy (non-hydrogen) atoms. The molecule has 0 bridgehead atoms. The fourth-order valence-corrected chi connectivity index (χ4v) is 4.22. The largest absolute Gasteiger partial charge is 0.349 e. The molecule has 1 aliphatic heterocycles. The minimum Gasteiger partial charge on any atom is -0.349 e. The van der Waals surface area contributed by atoms with Crippen molar-refractivity contribution in [3.63, 3.8) is 0 Å². The number of rotatable bonds is 3. The van der Waals surface area contributed by atoms with Gasteiger partial charge in [0.05, 0.1) is 23.8 Å². The zero-order valence-corrected chi connectivity index (χ0v) is 14.7. The number of hydrogen-bond donors (Lipinski definition) is 1. The lowest BCUT2D eigenvalue weighted by molar-refractivity contribution is -0.141. The normalized spacial score (nSPS) is 30.2. The van der Waals surface area contributed by atoms with E-state index in [1.807, 2.05) is 6.92 Å². The van der Waals surface area contributed by atoms with Crippen molar-refractivity contribution in [1.82, 2.24) is 10.2 Å². The van der Waals surface area contributed by atoms with Crippen LogP contribution in [-0.2, 0) is 14.4 Å². The van der Waals surface area contributed by atoms with Crippen molar-refractivity contribution in [2.75, 3.05) is 7.05 Å². The van der Waals surface area contributed by atoms with Crippen LogP contribution in [0.15, 0.2) is 24.3 Å². The van der Waals surface area contributed by atoms with Gasteiger partial charge in [0.2, 0.25) is 17.7 Å². The molecule has 3 amide bonds. The monoisotopic (exact) mass is 346 g/mol. The second kappa shape index (κ2) is 6.58. The number of likely N-dealkylation sites (tertiary alicyclic amines) is 1. The lowest BCUT2D eigenvalue weighted by Gasteiger charge is -2.35. The minimum atomic E-state index is -0.603. The van der Waals surface area contributed by atoms with Crippen LogP contribution in [0.3, 0.4) is 0 Å². The Kier molecular flexibility index (Phi) is 4.62. The van der Waals surface area contributed by atoms with E-state index >= 15 is 0 Å². The molecule has 0 aromatic heterocycles. The van der Waals surface area contributed by atoms with Gasteiger partial charge in [0, 0.05) is 12.6 Å². The van der Waals surface area contributed by atoms with Crippen LogP contribution in [0, 0.1) is 29.5 Å². The van der Waals surface area contributed by atoms with E-state index in [0.717, 1.165) is 11.3 Å². The summed E-state index contributed by atoms with van der Waals surface area (Å²) < 4.78 is 13.9. The van der Waals surface area contributed by atoms with Crippen molar-refractivity contribution < 1.29 is 18.8 Å². The quantitative estimate of drug-likeness (QED) is 0.854. The molecule has 1 aromatic carbocycles. The van der Waals surface area contributed by atoms with E-state index in [2.05, 4.69) is 5.32 Å². The van der Waals surface area contributed by atoms with Gasteiger partial charge in [0.25, 0.3) is 0 Å². The maximum absolute atomic E-state index is 13.9. The van der Waals surface area contributed by atoms with Gasteiger partial charge in [-0.3, -0.25) is 19.3 Å². The molecule has 134 valence electrons. The van der Waals surface area contributed by atoms with Crippen molar-refractivity contribution in [3.05, 3.63) is 35.6 Å². The Bertz CT molecular complexity index is 720. The molecule has 6 heteroatoms. The van der Waals surface area contributed by atoms with E-state index in [4.69, 9.17) is 0 Å². The fraction of sp³-hybridized carbons (Fsp3) is 0.526. The number of imide groups is 1. The molecule has 1 aromatic rings. The highest BCUT2D eigenvalue weighted by molar-refractivity contribution is 6.06. The van der Waals surface area contributed by atoms with Crippen molar-refractivity contribution in [3.8, 4) is 0 Å². The van der Waals surface area contributed by atoms with Gasteiger partial charge in [-0.15, -0.1) is 0 Å². The summed E-state index contributed by atoms with van der Waals surface area (Å²) in [6, 6.07) is 5.79. The topological polar surface area (TPSA) is 66.5 Å². The molecule has 3 rings (SSSR count). The van der Waals surface area contributed by atoms with Crippen LogP contribution in [0.4, 0.5) is 4.39 Å². The maximum Gasteiger partial charge on any atom is 0.233 e.